The van der Waals surface area contributed by atoms with Gasteiger partial charge in [-0.15, -0.1) is 0 Å². The van der Waals surface area contributed by atoms with Crippen molar-refractivity contribution in [2.45, 2.75) is 6.04 Å². The largest absolute Gasteiger partial charge is 0.272 e. The van der Waals surface area contributed by atoms with E-state index < -0.39 is 0 Å². The molecule has 0 bridgehead atoms. The average molecular weight is 252 g/mol. The van der Waals surface area contributed by atoms with E-state index in [2.05, 4.69) is 24.3 Å². The summed E-state index contributed by atoms with van der Waals surface area (Å²) < 4.78 is 0. The summed E-state index contributed by atoms with van der Waals surface area (Å²) in [4.78, 5) is 11.9. The van der Waals surface area contributed by atoms with Crippen molar-refractivity contribution in [2.75, 3.05) is 13.6 Å². The second-order valence-corrected chi connectivity index (χ2v) is 4.78. The Morgan fingerprint density at radius 3 is 1.74 bits per heavy atom. The van der Waals surface area contributed by atoms with Crippen molar-refractivity contribution < 1.29 is 4.79 Å². The van der Waals surface area contributed by atoms with Crippen molar-refractivity contribution in [1.29, 1.82) is 0 Å². The summed E-state index contributed by atoms with van der Waals surface area (Å²) >= 11 is 0. The minimum Gasteiger partial charge on any atom is -0.272 e. The molecule has 0 spiro atoms. The second kappa shape index (κ2) is 4.86. The van der Waals surface area contributed by atoms with Crippen LogP contribution in [0.2, 0.25) is 0 Å². The minimum absolute atomic E-state index is 0.0337. The number of nitrogens with zero attached hydrogens (tertiary/aromatic N) is 2. The highest BCUT2D eigenvalue weighted by Gasteiger charge is 2.37. The number of hydrogen-bond donors (Lipinski definition) is 0. The van der Waals surface area contributed by atoms with Crippen molar-refractivity contribution in [3.8, 4) is 0 Å². The first kappa shape index (κ1) is 11.9. The number of amides is 1. The molecule has 2 aromatic carbocycles. The zero-order chi connectivity index (χ0) is 13.2. The molecule has 3 heteroatoms. The Labute approximate surface area is 113 Å². The minimum atomic E-state index is -0.0337. The smallest absolute Gasteiger partial charge is 0.253 e. The van der Waals surface area contributed by atoms with E-state index in [9.17, 15) is 4.79 Å². The van der Waals surface area contributed by atoms with Gasteiger partial charge >= 0.3 is 0 Å². The molecule has 96 valence electrons. The number of likely N-dealkylation sites (N-methyl/N-ethyl adjacent to an activating group) is 1. The molecule has 1 saturated heterocycles. The molecule has 19 heavy (non-hydrogen) atoms. The fourth-order valence-corrected chi connectivity index (χ4v) is 2.54. The zero-order valence-electron chi connectivity index (χ0n) is 10.9. The van der Waals surface area contributed by atoms with Crippen LogP contribution >= 0.6 is 0 Å². The topological polar surface area (TPSA) is 23.6 Å². The fourth-order valence-electron chi connectivity index (χ4n) is 2.54. The maximum absolute atomic E-state index is 11.9. The molecule has 1 aliphatic heterocycles. The van der Waals surface area contributed by atoms with E-state index in [0.717, 1.165) is 11.1 Å². The van der Waals surface area contributed by atoms with E-state index in [0.29, 0.717) is 6.54 Å². The molecule has 0 atom stereocenters. The quantitative estimate of drug-likeness (QED) is 0.837. The van der Waals surface area contributed by atoms with Crippen molar-refractivity contribution in [1.82, 2.24) is 10.0 Å². The molecular weight excluding hydrogens is 236 g/mol. The van der Waals surface area contributed by atoms with Crippen LogP contribution in [0.1, 0.15) is 17.2 Å². The molecule has 1 aliphatic rings. The lowest BCUT2D eigenvalue weighted by Gasteiger charge is -2.46. The second-order valence-electron chi connectivity index (χ2n) is 4.78. The van der Waals surface area contributed by atoms with E-state index in [1.165, 1.54) is 0 Å². The summed E-state index contributed by atoms with van der Waals surface area (Å²) in [6.45, 7) is 0.496. The van der Waals surface area contributed by atoms with E-state index >= 15 is 0 Å². The molecule has 2 aromatic rings. The molecule has 0 radical (unpaired) electrons. The van der Waals surface area contributed by atoms with Crippen LogP contribution in [-0.4, -0.2) is 29.5 Å². The lowest BCUT2D eigenvalue weighted by Crippen LogP contribution is -2.60. The predicted octanol–water partition coefficient (Wildman–Crippen LogP) is 2.46. The van der Waals surface area contributed by atoms with Crippen molar-refractivity contribution >= 4 is 5.91 Å². The molecular formula is C16H16N2O. The van der Waals surface area contributed by atoms with Crippen LogP contribution < -0.4 is 0 Å². The van der Waals surface area contributed by atoms with E-state index in [1.54, 1.807) is 0 Å². The first-order chi connectivity index (χ1) is 9.27. The molecule has 3 rings (SSSR count). The summed E-state index contributed by atoms with van der Waals surface area (Å²) in [5, 5.41) is 3.79. The summed E-state index contributed by atoms with van der Waals surface area (Å²) in [7, 11) is 1.94. The van der Waals surface area contributed by atoms with Gasteiger partial charge < -0.3 is 0 Å². The number of carbonyl (C=O) groups is 1. The fraction of sp³-hybridized carbons (Fsp3) is 0.188. The average Bonchev–Trinajstić information content (AvgIpc) is 2.46. The molecule has 1 fully saturated rings. The maximum atomic E-state index is 11.9. The first-order valence-electron chi connectivity index (χ1n) is 6.40. The third-order valence-corrected chi connectivity index (χ3v) is 3.46. The van der Waals surface area contributed by atoms with E-state index in [1.807, 2.05) is 53.5 Å². The van der Waals surface area contributed by atoms with Crippen LogP contribution in [0.25, 0.3) is 0 Å². The van der Waals surface area contributed by atoms with Gasteiger partial charge in [-0.3, -0.25) is 9.80 Å². The van der Waals surface area contributed by atoms with Gasteiger partial charge in [0.25, 0.3) is 5.91 Å². The molecule has 0 aromatic heterocycles. The monoisotopic (exact) mass is 252 g/mol. The number of hydrogen-bond acceptors (Lipinski definition) is 2. The summed E-state index contributed by atoms with van der Waals surface area (Å²) in [5.74, 6) is 0.167. The Morgan fingerprint density at radius 1 is 0.895 bits per heavy atom. The normalized spacial score (nSPS) is 15.7. The molecule has 0 aliphatic carbocycles. The number of rotatable bonds is 3. The van der Waals surface area contributed by atoms with Gasteiger partial charge in [-0.25, -0.2) is 5.01 Å². The molecule has 1 amide bonds. The third kappa shape index (κ3) is 2.13. The predicted molar refractivity (Wildman–Crippen MR) is 74.2 cm³/mol. The van der Waals surface area contributed by atoms with Crippen molar-refractivity contribution in [3.63, 3.8) is 0 Å². The van der Waals surface area contributed by atoms with Crippen LogP contribution in [0, 0.1) is 0 Å². The molecule has 0 N–H and O–H groups in total. The maximum Gasteiger partial charge on any atom is 0.253 e. The Kier molecular flexibility index (Phi) is 3.05. The highest BCUT2D eigenvalue weighted by Crippen LogP contribution is 2.32. The van der Waals surface area contributed by atoms with Crippen molar-refractivity contribution in [3.05, 3.63) is 71.8 Å². The SMILES string of the molecule is CN1CC(=O)N1C(c1ccccc1)c1ccccc1. The van der Waals surface area contributed by atoms with E-state index in [-0.39, 0.29) is 11.9 Å². The number of benzene rings is 2. The summed E-state index contributed by atoms with van der Waals surface area (Å²) in [6.07, 6.45) is 0. The Balaban J connectivity index is 2.04. The van der Waals surface area contributed by atoms with Crippen LogP contribution in [0.5, 0.6) is 0 Å². The van der Waals surface area contributed by atoms with Gasteiger partial charge in [-0.05, 0) is 11.1 Å². The molecule has 0 unspecified atom stereocenters. The first-order valence-corrected chi connectivity index (χ1v) is 6.40. The van der Waals surface area contributed by atoms with Gasteiger partial charge in [0, 0.05) is 7.05 Å². The van der Waals surface area contributed by atoms with Crippen LogP contribution in [-0.2, 0) is 4.79 Å². The van der Waals surface area contributed by atoms with E-state index in [4.69, 9.17) is 0 Å². The van der Waals surface area contributed by atoms with Crippen LogP contribution in [0.15, 0.2) is 60.7 Å². The Morgan fingerprint density at radius 2 is 1.37 bits per heavy atom. The standard InChI is InChI=1S/C16H16N2O/c1-17-12-15(19)18(17)16(13-8-4-2-5-9-13)14-10-6-3-7-11-14/h2-11,16H,12H2,1H3. The Bertz CT molecular complexity index is 528. The van der Waals surface area contributed by atoms with Gasteiger partial charge in [-0.1, -0.05) is 60.7 Å². The van der Waals surface area contributed by atoms with Gasteiger partial charge in [-0.2, -0.15) is 0 Å². The van der Waals surface area contributed by atoms with Gasteiger partial charge in [0.1, 0.15) is 0 Å². The summed E-state index contributed by atoms with van der Waals surface area (Å²) in [5.41, 5.74) is 2.27. The lowest BCUT2D eigenvalue weighted by atomic mass is 9.97. The van der Waals surface area contributed by atoms with Crippen LogP contribution in [0.4, 0.5) is 0 Å². The highest BCUT2D eigenvalue weighted by atomic mass is 16.2. The van der Waals surface area contributed by atoms with Gasteiger partial charge in [0.05, 0.1) is 12.6 Å². The van der Waals surface area contributed by atoms with Gasteiger partial charge in [0.2, 0.25) is 0 Å². The van der Waals surface area contributed by atoms with Gasteiger partial charge in [0.15, 0.2) is 0 Å². The molecule has 3 nitrogen and oxygen atoms in total. The third-order valence-electron chi connectivity index (χ3n) is 3.46. The molecule has 0 saturated carbocycles. The zero-order valence-corrected chi connectivity index (χ0v) is 10.9. The lowest BCUT2D eigenvalue weighted by molar-refractivity contribution is -0.178. The molecule has 1 heterocycles. The number of hydrazine groups is 1. The van der Waals surface area contributed by atoms with Crippen LogP contribution in [0.3, 0.4) is 0 Å². The Hall–Kier alpha value is -2.13. The number of carbonyl (C=O) groups excluding carboxylic acids is 1. The summed E-state index contributed by atoms with van der Waals surface area (Å²) in [6, 6.07) is 20.3. The highest BCUT2D eigenvalue weighted by molar-refractivity contribution is 5.83. The van der Waals surface area contributed by atoms with Crippen molar-refractivity contribution in [2.24, 2.45) is 0 Å².